The monoisotopic (exact) mass is 425 g/mol. The number of amides is 2. The molecule has 3 aliphatic rings. The maximum absolute atomic E-state index is 12.7. The van der Waals surface area contributed by atoms with Gasteiger partial charge < -0.3 is 9.47 Å². The fraction of sp³-hybridized carbons (Fsp3) is 0.435. The molecule has 2 heterocycles. The number of carbonyl (C=O) groups is 5. The van der Waals surface area contributed by atoms with Gasteiger partial charge in [0, 0.05) is 0 Å². The van der Waals surface area contributed by atoms with Crippen molar-refractivity contribution >= 4 is 29.5 Å². The van der Waals surface area contributed by atoms with Crippen molar-refractivity contribution in [1.82, 2.24) is 4.90 Å². The van der Waals surface area contributed by atoms with Crippen molar-refractivity contribution in [2.24, 2.45) is 0 Å². The number of rotatable bonds is 5. The molecule has 162 valence electrons. The molecule has 0 radical (unpaired) electrons. The first-order chi connectivity index (χ1) is 14.8. The first-order valence-electron chi connectivity index (χ1n) is 10.4. The van der Waals surface area contributed by atoms with E-state index in [0.29, 0.717) is 18.4 Å². The minimum absolute atomic E-state index is 0.0666. The Morgan fingerprint density at radius 2 is 1.65 bits per heavy atom. The summed E-state index contributed by atoms with van der Waals surface area (Å²) in [6.07, 6.45) is 4.25. The molecule has 8 heteroatoms. The van der Waals surface area contributed by atoms with Gasteiger partial charge >= 0.3 is 11.9 Å². The van der Waals surface area contributed by atoms with E-state index in [1.807, 2.05) is 0 Å². The smallest absolute Gasteiger partial charge is 0.342 e. The Balaban J connectivity index is 1.43. The van der Waals surface area contributed by atoms with Crippen molar-refractivity contribution in [1.29, 1.82) is 0 Å². The van der Waals surface area contributed by atoms with Gasteiger partial charge in [-0.25, -0.2) is 9.59 Å². The van der Waals surface area contributed by atoms with Crippen LogP contribution in [-0.4, -0.2) is 52.7 Å². The molecule has 1 aromatic rings. The summed E-state index contributed by atoms with van der Waals surface area (Å²) < 4.78 is 10.6. The molecule has 2 aliphatic heterocycles. The summed E-state index contributed by atoms with van der Waals surface area (Å²) in [6.45, 7) is 2.41. The lowest BCUT2D eigenvalue weighted by atomic mass is 9.79. The van der Waals surface area contributed by atoms with Crippen LogP contribution in [0.15, 0.2) is 35.4 Å². The predicted molar refractivity (Wildman–Crippen MR) is 107 cm³/mol. The van der Waals surface area contributed by atoms with Crippen molar-refractivity contribution in [2.45, 2.75) is 57.6 Å². The fourth-order valence-electron chi connectivity index (χ4n) is 4.60. The lowest BCUT2D eigenvalue weighted by molar-refractivity contribution is -0.153. The average molecular weight is 425 g/mol. The Morgan fingerprint density at radius 3 is 2.23 bits per heavy atom. The van der Waals surface area contributed by atoms with E-state index in [1.165, 1.54) is 19.1 Å². The largest absolute Gasteiger partial charge is 0.456 e. The number of carbonyl (C=O) groups excluding carboxylic acids is 5. The number of esters is 2. The van der Waals surface area contributed by atoms with Crippen LogP contribution < -0.4 is 0 Å². The Hall–Kier alpha value is -3.29. The Labute approximate surface area is 179 Å². The summed E-state index contributed by atoms with van der Waals surface area (Å²) in [4.78, 5) is 63.4. The molecular weight excluding hydrogens is 402 g/mol. The molecule has 0 saturated heterocycles. The van der Waals surface area contributed by atoms with E-state index in [1.54, 1.807) is 19.1 Å². The number of Topliss-reactive ketones (excluding diaryl/α,β-unsaturated/α-hetero) is 1. The van der Waals surface area contributed by atoms with Crippen molar-refractivity contribution in [3.05, 3.63) is 46.5 Å². The third-order valence-corrected chi connectivity index (χ3v) is 6.39. The van der Waals surface area contributed by atoms with Gasteiger partial charge in [0.15, 0.2) is 6.61 Å². The predicted octanol–water partition coefficient (Wildman–Crippen LogP) is 2.36. The minimum Gasteiger partial charge on any atom is -0.456 e. The van der Waals surface area contributed by atoms with Crippen molar-refractivity contribution in [2.75, 3.05) is 6.61 Å². The SMILES string of the molecule is CC1=C(C(=O)COC(=O)C(C)N2C(=O)c3ccccc3C2=O)C(=O)OC12CCCCC2. The standard InChI is InChI=1S/C23H23NO7/c1-13-18(22(29)31-23(13)10-6-3-7-11-23)17(25)12-30-21(28)14(2)24-19(26)15-8-4-5-9-16(15)20(24)27/h4-5,8-9,14H,3,6-7,10-12H2,1-2H3. The third-order valence-electron chi connectivity index (χ3n) is 6.39. The number of nitrogens with zero attached hydrogens (tertiary/aromatic N) is 1. The number of hydrogen-bond donors (Lipinski definition) is 0. The van der Waals surface area contributed by atoms with E-state index in [9.17, 15) is 24.0 Å². The van der Waals surface area contributed by atoms with Gasteiger partial charge in [-0.2, -0.15) is 0 Å². The molecule has 4 rings (SSSR count). The number of imide groups is 1. The van der Waals surface area contributed by atoms with Gasteiger partial charge in [-0.1, -0.05) is 18.6 Å². The molecule has 1 atom stereocenters. The highest BCUT2D eigenvalue weighted by Crippen LogP contribution is 2.43. The normalized spacial score (nSPS) is 20.7. The van der Waals surface area contributed by atoms with Crippen molar-refractivity contribution < 1.29 is 33.4 Å². The summed E-state index contributed by atoms with van der Waals surface area (Å²) in [5, 5.41) is 0. The van der Waals surface area contributed by atoms with Gasteiger partial charge in [-0.3, -0.25) is 19.3 Å². The van der Waals surface area contributed by atoms with E-state index in [-0.39, 0.29) is 16.7 Å². The zero-order chi connectivity index (χ0) is 22.3. The Bertz CT molecular complexity index is 997. The highest BCUT2D eigenvalue weighted by Gasteiger charge is 2.48. The first-order valence-corrected chi connectivity index (χ1v) is 10.4. The van der Waals surface area contributed by atoms with Gasteiger partial charge in [0.1, 0.15) is 17.2 Å². The van der Waals surface area contributed by atoms with Crippen LogP contribution in [-0.2, 0) is 23.9 Å². The van der Waals surface area contributed by atoms with Crippen LogP contribution in [0.1, 0.15) is 66.7 Å². The van der Waals surface area contributed by atoms with Crippen LogP contribution in [0.3, 0.4) is 0 Å². The summed E-state index contributed by atoms with van der Waals surface area (Å²) >= 11 is 0. The maximum Gasteiger partial charge on any atom is 0.342 e. The molecule has 1 aliphatic carbocycles. The van der Waals surface area contributed by atoms with E-state index >= 15 is 0 Å². The van der Waals surface area contributed by atoms with Crippen LogP contribution in [0, 0.1) is 0 Å². The molecule has 1 aromatic carbocycles. The van der Waals surface area contributed by atoms with Crippen LogP contribution in [0.2, 0.25) is 0 Å². The first kappa shape index (κ1) is 21.0. The Kier molecular flexibility index (Phi) is 5.24. The van der Waals surface area contributed by atoms with Gasteiger partial charge in [-0.05, 0) is 57.2 Å². The number of benzene rings is 1. The molecule has 0 bridgehead atoms. The molecule has 1 fully saturated rings. The summed E-state index contributed by atoms with van der Waals surface area (Å²) in [6, 6.07) is 5.07. The highest BCUT2D eigenvalue weighted by molar-refractivity contribution is 6.23. The number of ketones is 1. The maximum atomic E-state index is 12.7. The average Bonchev–Trinajstić information content (AvgIpc) is 3.16. The quantitative estimate of drug-likeness (QED) is 0.405. The third kappa shape index (κ3) is 3.36. The van der Waals surface area contributed by atoms with Gasteiger partial charge in [-0.15, -0.1) is 0 Å². The van der Waals surface area contributed by atoms with Crippen LogP contribution in [0.5, 0.6) is 0 Å². The van der Waals surface area contributed by atoms with E-state index in [0.717, 1.165) is 24.2 Å². The molecule has 2 amide bonds. The lowest BCUT2D eigenvalue weighted by Crippen LogP contribution is -2.44. The van der Waals surface area contributed by atoms with Gasteiger partial charge in [0.05, 0.1) is 11.1 Å². The molecule has 1 spiro atoms. The van der Waals surface area contributed by atoms with Gasteiger partial charge in [0.25, 0.3) is 11.8 Å². The topological polar surface area (TPSA) is 107 Å². The minimum atomic E-state index is -1.21. The molecular formula is C23H23NO7. The zero-order valence-corrected chi connectivity index (χ0v) is 17.4. The molecule has 1 saturated carbocycles. The zero-order valence-electron chi connectivity index (χ0n) is 17.4. The van der Waals surface area contributed by atoms with Crippen LogP contribution >= 0.6 is 0 Å². The molecule has 1 unspecified atom stereocenters. The van der Waals surface area contributed by atoms with Crippen molar-refractivity contribution in [3.63, 3.8) is 0 Å². The number of fused-ring (bicyclic) bond motifs is 1. The molecule has 8 nitrogen and oxygen atoms in total. The number of ether oxygens (including phenoxy) is 2. The lowest BCUT2D eigenvalue weighted by Gasteiger charge is -2.33. The fourth-order valence-corrected chi connectivity index (χ4v) is 4.60. The summed E-state index contributed by atoms with van der Waals surface area (Å²) in [5.41, 5.74) is 0.235. The van der Waals surface area contributed by atoms with Crippen molar-refractivity contribution in [3.8, 4) is 0 Å². The van der Waals surface area contributed by atoms with E-state index < -0.39 is 47.8 Å². The summed E-state index contributed by atoms with van der Waals surface area (Å²) in [5.74, 6) is -3.41. The second kappa shape index (κ2) is 7.76. The molecule has 0 N–H and O–H groups in total. The Morgan fingerprint density at radius 1 is 1.06 bits per heavy atom. The van der Waals surface area contributed by atoms with Crippen LogP contribution in [0.4, 0.5) is 0 Å². The number of hydrogen-bond acceptors (Lipinski definition) is 7. The second-order valence-electron chi connectivity index (χ2n) is 8.18. The molecule has 31 heavy (non-hydrogen) atoms. The summed E-state index contributed by atoms with van der Waals surface area (Å²) in [7, 11) is 0. The van der Waals surface area contributed by atoms with E-state index in [2.05, 4.69) is 0 Å². The highest BCUT2D eigenvalue weighted by atomic mass is 16.6. The van der Waals surface area contributed by atoms with Crippen LogP contribution in [0.25, 0.3) is 0 Å². The molecule has 0 aromatic heterocycles. The van der Waals surface area contributed by atoms with Gasteiger partial charge in [0.2, 0.25) is 5.78 Å². The van der Waals surface area contributed by atoms with E-state index in [4.69, 9.17) is 9.47 Å². The second-order valence-corrected chi connectivity index (χ2v) is 8.18.